The lowest BCUT2D eigenvalue weighted by atomic mass is 9.99. The zero-order chi connectivity index (χ0) is 33.0. The highest BCUT2D eigenvalue weighted by atomic mass is 16.3. The van der Waals surface area contributed by atoms with Crippen molar-refractivity contribution >= 4 is 43.7 Å². The first-order chi connectivity index (χ1) is 24.8. The Kier molecular flexibility index (Phi) is 6.42. The van der Waals surface area contributed by atoms with E-state index in [2.05, 4.69) is 132 Å². The van der Waals surface area contributed by atoms with Gasteiger partial charge in [-0.3, -0.25) is 4.57 Å². The molecule has 5 nitrogen and oxygen atoms in total. The monoisotopic (exact) mass is 640 g/mol. The van der Waals surface area contributed by atoms with Gasteiger partial charge in [0.15, 0.2) is 11.6 Å². The van der Waals surface area contributed by atoms with Gasteiger partial charge in [-0.15, -0.1) is 0 Å². The van der Waals surface area contributed by atoms with Crippen LogP contribution in [0, 0.1) is 0 Å². The molecule has 0 amide bonds. The van der Waals surface area contributed by atoms with E-state index in [9.17, 15) is 0 Å². The van der Waals surface area contributed by atoms with Crippen molar-refractivity contribution in [3.8, 4) is 51.0 Å². The van der Waals surface area contributed by atoms with Gasteiger partial charge in [0.2, 0.25) is 5.95 Å². The van der Waals surface area contributed by atoms with E-state index in [0.29, 0.717) is 17.6 Å². The van der Waals surface area contributed by atoms with E-state index < -0.39 is 0 Å². The van der Waals surface area contributed by atoms with Crippen LogP contribution in [-0.4, -0.2) is 19.5 Å². The van der Waals surface area contributed by atoms with Crippen molar-refractivity contribution < 1.29 is 4.42 Å². The molecule has 0 bridgehead atoms. The van der Waals surface area contributed by atoms with Crippen LogP contribution in [0.25, 0.3) is 94.7 Å². The van der Waals surface area contributed by atoms with Crippen molar-refractivity contribution in [2.24, 2.45) is 0 Å². The predicted octanol–water partition coefficient (Wildman–Crippen LogP) is 11.5. The minimum Gasteiger partial charge on any atom is -0.456 e. The Labute approximate surface area is 287 Å². The molecule has 10 aromatic rings. The fraction of sp³-hybridized carbons (Fsp3) is 0. The molecule has 5 heteroatoms. The summed E-state index contributed by atoms with van der Waals surface area (Å²) in [5.41, 5.74) is 10.2. The molecule has 0 N–H and O–H groups in total. The molecule has 234 valence electrons. The third-order valence-electron chi connectivity index (χ3n) is 9.49. The summed E-state index contributed by atoms with van der Waals surface area (Å²) in [6, 6.07) is 58.7. The topological polar surface area (TPSA) is 56.7 Å². The van der Waals surface area contributed by atoms with Gasteiger partial charge in [-0.1, -0.05) is 133 Å². The van der Waals surface area contributed by atoms with E-state index in [1.807, 2.05) is 42.5 Å². The van der Waals surface area contributed by atoms with Gasteiger partial charge in [0.1, 0.15) is 11.2 Å². The van der Waals surface area contributed by atoms with Crippen molar-refractivity contribution in [2.45, 2.75) is 0 Å². The second-order valence-electron chi connectivity index (χ2n) is 12.5. The maximum Gasteiger partial charge on any atom is 0.238 e. The van der Waals surface area contributed by atoms with Gasteiger partial charge in [0.05, 0.1) is 11.0 Å². The molecule has 3 heterocycles. The van der Waals surface area contributed by atoms with E-state index in [1.165, 1.54) is 11.1 Å². The summed E-state index contributed by atoms with van der Waals surface area (Å²) < 4.78 is 8.66. The van der Waals surface area contributed by atoms with Crippen molar-refractivity contribution in [3.63, 3.8) is 0 Å². The first-order valence-electron chi connectivity index (χ1n) is 16.7. The normalized spacial score (nSPS) is 11.6. The third kappa shape index (κ3) is 4.67. The van der Waals surface area contributed by atoms with Crippen molar-refractivity contribution in [1.82, 2.24) is 19.5 Å². The number of benzene rings is 7. The summed E-state index contributed by atoms with van der Waals surface area (Å²) in [5.74, 6) is 1.76. The molecule has 0 fully saturated rings. The maximum atomic E-state index is 6.53. The second kappa shape index (κ2) is 11.4. The Bertz CT molecular complexity index is 2800. The summed E-state index contributed by atoms with van der Waals surface area (Å²) >= 11 is 0. The van der Waals surface area contributed by atoms with E-state index in [-0.39, 0.29) is 0 Å². The van der Waals surface area contributed by atoms with Gasteiger partial charge in [0.25, 0.3) is 0 Å². The van der Waals surface area contributed by atoms with Crippen molar-refractivity contribution in [3.05, 3.63) is 170 Å². The molecule has 3 aromatic heterocycles. The molecule has 0 aliphatic heterocycles. The summed E-state index contributed by atoms with van der Waals surface area (Å²) in [5, 5.41) is 4.43. The van der Waals surface area contributed by atoms with Crippen LogP contribution in [0.4, 0.5) is 0 Å². The number of hydrogen-bond donors (Lipinski definition) is 0. The molecule has 0 unspecified atom stereocenters. The average molecular weight is 641 g/mol. The largest absolute Gasteiger partial charge is 0.456 e. The van der Waals surface area contributed by atoms with Gasteiger partial charge >= 0.3 is 0 Å². The SMILES string of the molecule is c1ccc(-c2ccc(-c3ccc4c(c3)oc3cc(-c5nc(-c6ccccc6)nc(-n6c7ccccc7c7ccccc76)n5)ccc34)cc2)cc1. The maximum absolute atomic E-state index is 6.53. The second-order valence-corrected chi connectivity index (χ2v) is 12.5. The van der Waals surface area contributed by atoms with Crippen molar-refractivity contribution in [2.75, 3.05) is 0 Å². The van der Waals surface area contributed by atoms with E-state index in [1.54, 1.807) is 0 Å². The lowest BCUT2D eigenvalue weighted by molar-refractivity contribution is 0.669. The van der Waals surface area contributed by atoms with Crippen molar-refractivity contribution in [1.29, 1.82) is 0 Å². The van der Waals surface area contributed by atoms with Crippen LogP contribution in [0.3, 0.4) is 0 Å². The summed E-state index contributed by atoms with van der Waals surface area (Å²) in [6.07, 6.45) is 0. The van der Waals surface area contributed by atoms with Crippen LogP contribution >= 0.6 is 0 Å². The highest BCUT2D eigenvalue weighted by Gasteiger charge is 2.18. The van der Waals surface area contributed by atoms with Crippen LogP contribution in [0.1, 0.15) is 0 Å². The highest BCUT2D eigenvalue weighted by molar-refractivity contribution is 6.09. The smallest absolute Gasteiger partial charge is 0.238 e. The molecule has 10 rings (SSSR count). The lowest BCUT2D eigenvalue weighted by Crippen LogP contribution is -2.06. The molecule has 0 atom stereocenters. The Morgan fingerprint density at radius 1 is 0.340 bits per heavy atom. The molecule has 0 spiro atoms. The fourth-order valence-electron chi connectivity index (χ4n) is 7.03. The number of hydrogen-bond acceptors (Lipinski definition) is 4. The molecular formula is C45H28N4O. The Hall–Kier alpha value is -6.85. The highest BCUT2D eigenvalue weighted by Crippen LogP contribution is 2.36. The zero-order valence-electron chi connectivity index (χ0n) is 26.9. The lowest BCUT2D eigenvalue weighted by Gasteiger charge is -2.10. The number of aromatic nitrogens is 4. The summed E-state index contributed by atoms with van der Waals surface area (Å²) in [6.45, 7) is 0. The minimum absolute atomic E-state index is 0.568. The standard InChI is InChI=1S/C45H28N4O/c1-3-11-29(12-4-1)30-19-21-31(22-20-30)33-23-25-37-38-26-24-34(28-42(38)50-41(37)27-33)44-46-43(32-13-5-2-6-14-32)47-45(48-44)49-39-17-9-7-15-35(39)36-16-8-10-18-40(36)49/h1-28H. The Balaban J connectivity index is 1.09. The van der Waals surface area contributed by atoms with Gasteiger partial charge in [-0.25, -0.2) is 4.98 Å². The molecule has 0 saturated carbocycles. The average Bonchev–Trinajstić information content (AvgIpc) is 3.73. The van der Waals surface area contributed by atoms with Crippen LogP contribution in [0.2, 0.25) is 0 Å². The number of rotatable bonds is 5. The summed E-state index contributed by atoms with van der Waals surface area (Å²) in [7, 11) is 0. The predicted molar refractivity (Wildman–Crippen MR) is 203 cm³/mol. The minimum atomic E-state index is 0.568. The molecule has 7 aromatic carbocycles. The quantitative estimate of drug-likeness (QED) is 0.188. The number of fused-ring (bicyclic) bond motifs is 6. The molecule has 0 aliphatic rings. The Morgan fingerprint density at radius 3 is 1.40 bits per heavy atom. The molecule has 0 aliphatic carbocycles. The fourth-order valence-corrected chi connectivity index (χ4v) is 7.03. The van der Waals surface area contributed by atoms with Crippen LogP contribution < -0.4 is 0 Å². The molecule has 0 saturated heterocycles. The molecule has 0 radical (unpaired) electrons. The first-order valence-corrected chi connectivity index (χ1v) is 16.7. The van der Waals surface area contributed by atoms with E-state index >= 15 is 0 Å². The molecule has 50 heavy (non-hydrogen) atoms. The van der Waals surface area contributed by atoms with Crippen LogP contribution in [-0.2, 0) is 0 Å². The van der Waals surface area contributed by atoms with Gasteiger partial charge < -0.3 is 4.42 Å². The number of para-hydroxylation sites is 2. The van der Waals surface area contributed by atoms with Gasteiger partial charge in [-0.2, -0.15) is 9.97 Å². The third-order valence-corrected chi connectivity index (χ3v) is 9.49. The zero-order valence-corrected chi connectivity index (χ0v) is 26.9. The van der Waals surface area contributed by atoms with E-state index in [4.69, 9.17) is 19.4 Å². The molecular weight excluding hydrogens is 613 g/mol. The van der Waals surface area contributed by atoms with E-state index in [0.717, 1.165) is 66.0 Å². The Morgan fingerprint density at radius 2 is 0.780 bits per heavy atom. The summed E-state index contributed by atoms with van der Waals surface area (Å²) in [4.78, 5) is 15.2. The van der Waals surface area contributed by atoms with Crippen LogP contribution in [0.5, 0.6) is 0 Å². The van der Waals surface area contributed by atoms with Crippen LogP contribution in [0.15, 0.2) is 174 Å². The first kappa shape index (κ1) is 28.2. The van der Waals surface area contributed by atoms with Gasteiger partial charge in [-0.05, 0) is 58.7 Å². The number of nitrogens with zero attached hydrogens (tertiary/aromatic N) is 4. The van der Waals surface area contributed by atoms with Gasteiger partial charge in [0, 0.05) is 32.7 Å². The number of furan rings is 1.